The molecule has 17 heavy (non-hydrogen) atoms. The van der Waals surface area contributed by atoms with Gasteiger partial charge < -0.3 is 13.9 Å². The van der Waals surface area contributed by atoms with Gasteiger partial charge in [0.2, 0.25) is 0 Å². The van der Waals surface area contributed by atoms with Crippen LogP contribution >= 0.6 is 0 Å². The first-order valence-electron chi connectivity index (χ1n) is 5.37. The summed E-state index contributed by atoms with van der Waals surface area (Å²) in [4.78, 5) is 12.1. The maximum atomic E-state index is 12.1. The summed E-state index contributed by atoms with van der Waals surface area (Å²) in [7, 11) is 3.08. The normalized spacial score (nSPS) is 10.5. The van der Waals surface area contributed by atoms with E-state index in [9.17, 15) is 4.79 Å². The van der Waals surface area contributed by atoms with Gasteiger partial charge in [0.05, 0.1) is 25.9 Å². The van der Waals surface area contributed by atoms with E-state index in [1.54, 1.807) is 19.2 Å². The fraction of sp³-hybridized carbons (Fsp3) is 0.308. The summed E-state index contributed by atoms with van der Waals surface area (Å²) in [6.45, 7) is 1.92. The molecule has 2 aromatic rings. The van der Waals surface area contributed by atoms with Gasteiger partial charge in [-0.25, -0.2) is 0 Å². The highest BCUT2D eigenvalue weighted by atomic mass is 16.5. The van der Waals surface area contributed by atoms with E-state index in [0.717, 1.165) is 0 Å². The highest BCUT2D eigenvalue weighted by Gasteiger charge is 2.11. The Morgan fingerprint density at radius 3 is 2.41 bits per heavy atom. The second-order valence-corrected chi connectivity index (χ2v) is 3.65. The quantitative estimate of drug-likeness (QED) is 0.818. The number of fused-ring (bicyclic) bond motifs is 1. The zero-order valence-corrected chi connectivity index (χ0v) is 10.1. The van der Waals surface area contributed by atoms with E-state index in [0.29, 0.717) is 34.5 Å². The van der Waals surface area contributed by atoms with Crippen molar-refractivity contribution >= 4 is 11.0 Å². The molecule has 0 saturated heterocycles. The highest BCUT2D eigenvalue weighted by molar-refractivity contribution is 5.81. The molecule has 2 rings (SSSR count). The summed E-state index contributed by atoms with van der Waals surface area (Å²) in [5.41, 5.74) is 1.14. The minimum absolute atomic E-state index is 0.0188. The molecule has 4 nitrogen and oxygen atoms in total. The fourth-order valence-electron chi connectivity index (χ4n) is 1.74. The van der Waals surface area contributed by atoms with Gasteiger partial charge in [0, 0.05) is 11.6 Å². The topological polar surface area (TPSA) is 48.7 Å². The molecule has 90 valence electrons. The third-order valence-electron chi connectivity index (χ3n) is 2.73. The summed E-state index contributed by atoms with van der Waals surface area (Å²) >= 11 is 0. The van der Waals surface area contributed by atoms with Crippen molar-refractivity contribution in [3.8, 4) is 11.5 Å². The molecule has 0 N–H and O–H groups in total. The van der Waals surface area contributed by atoms with Crippen LogP contribution in [0, 0.1) is 0 Å². The smallest absolute Gasteiger partial charge is 0.195 e. The molecule has 4 heteroatoms. The van der Waals surface area contributed by atoms with Crippen molar-refractivity contribution in [3.05, 3.63) is 34.2 Å². The number of benzene rings is 1. The van der Waals surface area contributed by atoms with E-state index in [4.69, 9.17) is 13.9 Å². The van der Waals surface area contributed by atoms with Crippen molar-refractivity contribution in [2.45, 2.75) is 13.3 Å². The van der Waals surface area contributed by atoms with Gasteiger partial charge in [-0.2, -0.15) is 0 Å². The molecule has 0 aliphatic rings. The third kappa shape index (κ3) is 1.86. The lowest BCUT2D eigenvalue weighted by Gasteiger charge is -2.08. The van der Waals surface area contributed by atoms with Gasteiger partial charge in [0.1, 0.15) is 5.58 Å². The van der Waals surface area contributed by atoms with Crippen molar-refractivity contribution in [3.63, 3.8) is 0 Å². The van der Waals surface area contributed by atoms with Crippen LogP contribution in [0.1, 0.15) is 12.5 Å². The summed E-state index contributed by atoms with van der Waals surface area (Å²) < 4.78 is 15.7. The molecule has 0 aliphatic carbocycles. The maximum Gasteiger partial charge on any atom is 0.195 e. The predicted molar refractivity (Wildman–Crippen MR) is 65.0 cm³/mol. The number of hydrogen-bond acceptors (Lipinski definition) is 4. The molecule has 1 aromatic carbocycles. The van der Waals surface area contributed by atoms with Crippen LogP contribution in [0.15, 0.2) is 27.6 Å². The van der Waals surface area contributed by atoms with Gasteiger partial charge >= 0.3 is 0 Å². The third-order valence-corrected chi connectivity index (χ3v) is 2.73. The Morgan fingerprint density at radius 1 is 1.18 bits per heavy atom. The van der Waals surface area contributed by atoms with E-state index in [1.807, 2.05) is 6.92 Å². The number of methoxy groups -OCH3 is 2. The van der Waals surface area contributed by atoms with Gasteiger partial charge in [0.25, 0.3) is 0 Å². The van der Waals surface area contributed by atoms with Crippen LogP contribution in [0.25, 0.3) is 11.0 Å². The highest BCUT2D eigenvalue weighted by Crippen LogP contribution is 2.30. The second-order valence-electron chi connectivity index (χ2n) is 3.65. The Bertz CT molecular complexity index is 598. The molecule has 1 aromatic heterocycles. The number of aryl methyl sites for hydroxylation is 1. The zero-order valence-electron chi connectivity index (χ0n) is 10.1. The van der Waals surface area contributed by atoms with Crippen LogP contribution in [0.4, 0.5) is 0 Å². The Morgan fingerprint density at radius 2 is 1.82 bits per heavy atom. The molecule has 0 atom stereocenters. The van der Waals surface area contributed by atoms with Crippen LogP contribution in [0.2, 0.25) is 0 Å². The summed E-state index contributed by atoms with van der Waals surface area (Å²) in [6.07, 6.45) is 2.14. The molecular weight excluding hydrogens is 220 g/mol. The van der Waals surface area contributed by atoms with Crippen LogP contribution in [0.3, 0.4) is 0 Å². The average molecular weight is 234 g/mol. The summed E-state index contributed by atoms with van der Waals surface area (Å²) in [5, 5.41) is 0.516. The lowest BCUT2D eigenvalue weighted by atomic mass is 10.1. The van der Waals surface area contributed by atoms with E-state index in [1.165, 1.54) is 13.4 Å². The number of hydrogen-bond donors (Lipinski definition) is 0. The average Bonchev–Trinajstić information content (AvgIpc) is 2.38. The van der Waals surface area contributed by atoms with Gasteiger partial charge in [-0.1, -0.05) is 6.92 Å². The summed E-state index contributed by atoms with van der Waals surface area (Å²) in [6, 6.07) is 3.31. The van der Waals surface area contributed by atoms with E-state index in [2.05, 4.69) is 0 Å². The van der Waals surface area contributed by atoms with Crippen LogP contribution in [0.5, 0.6) is 11.5 Å². The Labute approximate surface area is 98.8 Å². The minimum Gasteiger partial charge on any atom is -0.493 e. The van der Waals surface area contributed by atoms with Gasteiger partial charge in [-0.15, -0.1) is 0 Å². The van der Waals surface area contributed by atoms with Gasteiger partial charge in [0.15, 0.2) is 16.9 Å². The van der Waals surface area contributed by atoms with E-state index >= 15 is 0 Å². The number of rotatable bonds is 3. The molecule has 0 aliphatic heterocycles. The van der Waals surface area contributed by atoms with Crippen molar-refractivity contribution in [2.24, 2.45) is 0 Å². The van der Waals surface area contributed by atoms with Crippen molar-refractivity contribution in [1.82, 2.24) is 0 Å². The molecule has 1 heterocycles. The molecule has 0 amide bonds. The first-order valence-corrected chi connectivity index (χ1v) is 5.37. The lowest BCUT2D eigenvalue weighted by Crippen LogP contribution is -2.07. The van der Waals surface area contributed by atoms with E-state index in [-0.39, 0.29) is 5.43 Å². The molecule has 0 bridgehead atoms. The summed E-state index contributed by atoms with van der Waals surface area (Å²) in [5.74, 6) is 1.08. The minimum atomic E-state index is -0.0188. The van der Waals surface area contributed by atoms with Crippen LogP contribution in [-0.2, 0) is 6.42 Å². The molecule has 0 radical (unpaired) electrons. The number of ether oxygens (including phenoxy) is 2. The lowest BCUT2D eigenvalue weighted by molar-refractivity contribution is 0.355. The molecular formula is C13H14O4. The first-order chi connectivity index (χ1) is 8.21. The first kappa shape index (κ1) is 11.5. The molecule has 0 unspecified atom stereocenters. The SMILES string of the molecule is CCc1coc2cc(OC)c(OC)cc2c1=O. The molecule has 0 saturated carbocycles. The Kier molecular flexibility index (Phi) is 3.04. The fourth-order valence-corrected chi connectivity index (χ4v) is 1.74. The molecule has 0 fully saturated rings. The molecule has 0 spiro atoms. The Balaban J connectivity index is 2.79. The van der Waals surface area contributed by atoms with E-state index < -0.39 is 0 Å². The maximum absolute atomic E-state index is 12.1. The van der Waals surface area contributed by atoms with Crippen LogP contribution in [-0.4, -0.2) is 14.2 Å². The van der Waals surface area contributed by atoms with Gasteiger partial charge in [-0.3, -0.25) is 4.79 Å². The predicted octanol–water partition coefficient (Wildman–Crippen LogP) is 2.37. The Hall–Kier alpha value is -1.97. The monoisotopic (exact) mass is 234 g/mol. The van der Waals surface area contributed by atoms with Crippen molar-refractivity contribution < 1.29 is 13.9 Å². The largest absolute Gasteiger partial charge is 0.493 e. The van der Waals surface area contributed by atoms with Gasteiger partial charge in [-0.05, 0) is 12.5 Å². The van der Waals surface area contributed by atoms with Crippen molar-refractivity contribution in [1.29, 1.82) is 0 Å². The second kappa shape index (κ2) is 4.49. The van der Waals surface area contributed by atoms with Crippen molar-refractivity contribution in [2.75, 3.05) is 14.2 Å². The zero-order chi connectivity index (χ0) is 12.4. The van der Waals surface area contributed by atoms with Crippen LogP contribution < -0.4 is 14.9 Å². The standard InChI is InChI=1S/C13H14O4/c1-4-8-7-17-10-6-12(16-3)11(15-2)5-9(10)13(8)14/h5-7H,4H2,1-3H3.